The van der Waals surface area contributed by atoms with Crippen LogP contribution in [0.3, 0.4) is 0 Å². The van der Waals surface area contributed by atoms with Crippen molar-refractivity contribution in [3.8, 4) is 0 Å². The monoisotopic (exact) mass is 375 g/mol. The summed E-state index contributed by atoms with van der Waals surface area (Å²) < 4.78 is 16.5. The minimum Gasteiger partial charge on any atom is -0.309 e. The van der Waals surface area contributed by atoms with E-state index in [0.717, 1.165) is 17.0 Å². The molecule has 2 heterocycles. The minimum absolute atomic E-state index is 0.136. The molecule has 6 nitrogen and oxygen atoms in total. The van der Waals surface area contributed by atoms with Gasteiger partial charge in [0.25, 0.3) is 0 Å². The number of amides is 1. The summed E-state index contributed by atoms with van der Waals surface area (Å²) in [5.74, 6) is -0.0565. The lowest BCUT2D eigenvalue weighted by Crippen LogP contribution is -2.16. The highest BCUT2D eigenvalue weighted by atomic mass is 35.5. The van der Waals surface area contributed by atoms with E-state index in [4.69, 9.17) is 11.6 Å². The van der Waals surface area contributed by atoms with Gasteiger partial charge in [-0.05, 0) is 37.6 Å². The zero-order chi connectivity index (χ0) is 18.7. The van der Waals surface area contributed by atoms with Gasteiger partial charge in [0, 0.05) is 35.9 Å². The number of halogens is 2. The van der Waals surface area contributed by atoms with Gasteiger partial charge in [-0.25, -0.2) is 4.39 Å². The predicted octanol–water partition coefficient (Wildman–Crippen LogP) is 3.57. The second-order valence-corrected chi connectivity index (χ2v) is 6.49. The van der Waals surface area contributed by atoms with Crippen LogP contribution >= 0.6 is 11.6 Å². The smallest absolute Gasteiger partial charge is 0.227 e. The van der Waals surface area contributed by atoms with Crippen molar-refractivity contribution >= 4 is 23.3 Å². The summed E-state index contributed by atoms with van der Waals surface area (Å²) >= 11 is 6.03. The van der Waals surface area contributed by atoms with Crippen molar-refractivity contribution in [2.24, 2.45) is 0 Å². The summed E-state index contributed by atoms with van der Waals surface area (Å²) in [6.45, 7) is 4.78. The molecule has 0 saturated heterocycles. The number of carbonyl (C=O) groups excluding carboxylic acids is 1. The molecule has 0 aliphatic heterocycles. The van der Waals surface area contributed by atoms with Gasteiger partial charge < -0.3 is 5.32 Å². The maximum absolute atomic E-state index is 13.1. The first-order chi connectivity index (χ1) is 12.4. The summed E-state index contributed by atoms with van der Waals surface area (Å²) in [5.41, 5.74) is 2.70. The van der Waals surface area contributed by atoms with E-state index in [1.807, 2.05) is 24.6 Å². The first-order valence-corrected chi connectivity index (χ1v) is 8.57. The summed E-state index contributed by atoms with van der Waals surface area (Å²) in [7, 11) is 0. The fourth-order valence-corrected chi connectivity index (χ4v) is 2.88. The average molecular weight is 376 g/mol. The number of rotatable bonds is 6. The van der Waals surface area contributed by atoms with Gasteiger partial charge in [0.05, 0.1) is 12.2 Å². The Labute approximate surface area is 155 Å². The number of nitrogens with one attached hydrogen (secondary N) is 1. The van der Waals surface area contributed by atoms with Gasteiger partial charge >= 0.3 is 0 Å². The van der Waals surface area contributed by atoms with E-state index in [1.54, 1.807) is 23.0 Å². The minimum atomic E-state index is -0.380. The molecule has 8 heteroatoms. The Morgan fingerprint density at radius 2 is 2.04 bits per heavy atom. The lowest BCUT2D eigenvalue weighted by molar-refractivity contribution is -0.116. The van der Waals surface area contributed by atoms with Crippen LogP contribution in [0.25, 0.3) is 0 Å². The summed E-state index contributed by atoms with van der Waals surface area (Å²) in [6.07, 6.45) is 2.04. The molecule has 0 atom stereocenters. The number of aromatic nitrogens is 4. The number of anilines is 1. The average Bonchev–Trinajstić information content (AvgIpc) is 3.14. The normalized spacial score (nSPS) is 10.9. The van der Waals surface area contributed by atoms with Gasteiger partial charge in [-0.15, -0.1) is 0 Å². The Bertz CT molecular complexity index is 934. The molecule has 1 amide bonds. The summed E-state index contributed by atoms with van der Waals surface area (Å²) in [5, 5.41) is 11.7. The zero-order valence-corrected chi connectivity index (χ0v) is 15.3. The topological polar surface area (TPSA) is 64.7 Å². The first kappa shape index (κ1) is 18.1. The highest BCUT2D eigenvalue weighted by molar-refractivity contribution is 6.31. The number of hydrogen-bond acceptors (Lipinski definition) is 3. The van der Waals surface area contributed by atoms with Gasteiger partial charge in [0.2, 0.25) is 5.91 Å². The van der Waals surface area contributed by atoms with Gasteiger partial charge in [-0.3, -0.25) is 14.2 Å². The molecular weight excluding hydrogens is 357 g/mol. The molecule has 26 heavy (non-hydrogen) atoms. The first-order valence-electron chi connectivity index (χ1n) is 8.19. The van der Waals surface area contributed by atoms with Crippen LogP contribution in [0.5, 0.6) is 0 Å². The highest BCUT2D eigenvalue weighted by Gasteiger charge is 2.09. The number of nitrogens with zero attached hydrogens (tertiary/aromatic N) is 4. The fraction of sp³-hybridized carbons (Fsp3) is 0.278. The summed E-state index contributed by atoms with van der Waals surface area (Å²) in [6, 6.07) is 7.92. The predicted molar refractivity (Wildman–Crippen MR) is 97.7 cm³/mol. The number of hydrogen-bond donors (Lipinski definition) is 1. The molecule has 0 bridgehead atoms. The molecule has 136 valence electrons. The number of benzene rings is 1. The van der Waals surface area contributed by atoms with Crippen molar-refractivity contribution in [3.05, 3.63) is 64.3 Å². The van der Waals surface area contributed by atoms with E-state index in [2.05, 4.69) is 15.5 Å². The van der Waals surface area contributed by atoms with Gasteiger partial charge in [-0.2, -0.15) is 10.2 Å². The molecule has 1 N–H and O–H groups in total. The second-order valence-electron chi connectivity index (χ2n) is 6.08. The third kappa shape index (κ3) is 4.49. The van der Waals surface area contributed by atoms with Crippen LogP contribution in [-0.2, 0) is 17.9 Å². The molecule has 0 saturated carbocycles. The lowest BCUT2D eigenvalue weighted by atomic mass is 10.2. The Kier molecular flexibility index (Phi) is 5.37. The quantitative estimate of drug-likeness (QED) is 0.716. The number of carbonyl (C=O) groups is 1. The highest BCUT2D eigenvalue weighted by Crippen LogP contribution is 2.18. The third-order valence-corrected chi connectivity index (χ3v) is 4.26. The Balaban J connectivity index is 1.56. The van der Waals surface area contributed by atoms with Crippen LogP contribution < -0.4 is 5.32 Å². The van der Waals surface area contributed by atoms with Crippen molar-refractivity contribution in [2.45, 2.75) is 33.4 Å². The molecule has 0 fully saturated rings. The molecular formula is C18H19ClFN5O. The van der Waals surface area contributed by atoms with Crippen LogP contribution in [0.4, 0.5) is 10.2 Å². The van der Waals surface area contributed by atoms with E-state index < -0.39 is 0 Å². The molecule has 3 rings (SSSR count). The third-order valence-electron chi connectivity index (χ3n) is 3.91. The van der Waals surface area contributed by atoms with Crippen molar-refractivity contribution in [1.29, 1.82) is 0 Å². The van der Waals surface area contributed by atoms with Crippen molar-refractivity contribution in [1.82, 2.24) is 19.6 Å². The number of aryl methyl sites for hydroxylation is 3. The zero-order valence-electron chi connectivity index (χ0n) is 14.5. The van der Waals surface area contributed by atoms with E-state index >= 15 is 0 Å². The van der Waals surface area contributed by atoms with Crippen LogP contribution in [0.15, 0.2) is 36.5 Å². The Morgan fingerprint density at radius 1 is 1.23 bits per heavy atom. The SMILES string of the molecule is Cc1cc(C)n(CCC(=O)Nc2ccn(Cc3ccc(F)cc3Cl)n2)n1. The van der Waals surface area contributed by atoms with Crippen molar-refractivity contribution < 1.29 is 9.18 Å². The Morgan fingerprint density at radius 3 is 2.73 bits per heavy atom. The Hall–Kier alpha value is -2.67. The van der Waals surface area contributed by atoms with Crippen LogP contribution in [0, 0.1) is 19.7 Å². The molecule has 3 aromatic rings. The molecule has 1 aromatic carbocycles. The van der Waals surface area contributed by atoms with Crippen molar-refractivity contribution in [2.75, 3.05) is 5.32 Å². The fourth-order valence-electron chi connectivity index (χ4n) is 2.65. The molecule has 0 aliphatic rings. The van der Waals surface area contributed by atoms with E-state index in [9.17, 15) is 9.18 Å². The maximum Gasteiger partial charge on any atom is 0.227 e. The standard InChI is InChI=1S/C18H19ClFN5O/c1-12-9-13(2)25(22-12)8-6-18(26)21-17-5-7-24(23-17)11-14-3-4-15(20)10-16(14)19/h3-5,7,9-10H,6,8,11H2,1-2H3,(H,21,23,26). The van der Waals surface area contributed by atoms with Gasteiger partial charge in [0.15, 0.2) is 5.82 Å². The van der Waals surface area contributed by atoms with E-state index in [0.29, 0.717) is 30.4 Å². The molecule has 0 spiro atoms. The van der Waals surface area contributed by atoms with E-state index in [-0.39, 0.29) is 11.7 Å². The van der Waals surface area contributed by atoms with Crippen LogP contribution in [0.2, 0.25) is 5.02 Å². The molecule has 2 aromatic heterocycles. The summed E-state index contributed by atoms with van der Waals surface area (Å²) in [4.78, 5) is 12.1. The van der Waals surface area contributed by atoms with Gasteiger partial charge in [-0.1, -0.05) is 17.7 Å². The van der Waals surface area contributed by atoms with E-state index in [1.165, 1.54) is 12.1 Å². The molecule has 0 aliphatic carbocycles. The molecule has 0 unspecified atom stereocenters. The molecule has 0 radical (unpaired) electrons. The van der Waals surface area contributed by atoms with Crippen LogP contribution in [0.1, 0.15) is 23.4 Å². The lowest BCUT2D eigenvalue weighted by Gasteiger charge is -2.06. The van der Waals surface area contributed by atoms with Gasteiger partial charge in [0.1, 0.15) is 5.82 Å². The van der Waals surface area contributed by atoms with Crippen LogP contribution in [-0.4, -0.2) is 25.5 Å². The second kappa shape index (κ2) is 7.70. The largest absolute Gasteiger partial charge is 0.309 e. The maximum atomic E-state index is 13.1. The van der Waals surface area contributed by atoms with Crippen molar-refractivity contribution in [3.63, 3.8) is 0 Å².